The second-order valence-corrected chi connectivity index (χ2v) is 7.10. The molecule has 2 aromatic carbocycles. The van der Waals surface area contributed by atoms with Crippen molar-refractivity contribution in [1.82, 2.24) is 5.43 Å². The van der Waals surface area contributed by atoms with E-state index in [4.69, 9.17) is 14.2 Å². The van der Waals surface area contributed by atoms with Crippen LogP contribution in [0, 0.1) is 0 Å². The molecule has 1 amide bonds. The van der Waals surface area contributed by atoms with E-state index >= 15 is 0 Å². The monoisotopic (exact) mass is 398 g/mol. The van der Waals surface area contributed by atoms with E-state index in [1.54, 1.807) is 30.5 Å². The number of hydrazone groups is 1. The van der Waals surface area contributed by atoms with Gasteiger partial charge in [-0.1, -0.05) is 6.92 Å². The maximum absolute atomic E-state index is 12.3. The Balaban J connectivity index is 2.05. The van der Waals surface area contributed by atoms with E-state index in [9.17, 15) is 4.79 Å². The molecule has 0 spiro atoms. The molecule has 0 aliphatic carbocycles. The van der Waals surface area contributed by atoms with Gasteiger partial charge in [-0.25, -0.2) is 5.43 Å². The van der Waals surface area contributed by atoms with Gasteiger partial charge in [-0.05, 0) is 70.5 Å². The standard InChI is InChI=1S/C23H30N2O4/c1-6-13-27-20-10-7-18(8-11-20)23(26)25-24-15-19-9-12-21(28-16(2)3)14-22(19)29-17(4)5/h7-12,14-17H,6,13H2,1-5H3,(H,25,26)/b24-15+. The average Bonchev–Trinajstić information content (AvgIpc) is 2.67. The Morgan fingerprint density at radius 1 is 1.00 bits per heavy atom. The zero-order chi connectivity index (χ0) is 21.2. The van der Waals surface area contributed by atoms with Crippen molar-refractivity contribution in [3.05, 3.63) is 53.6 Å². The molecule has 2 aromatic rings. The fourth-order valence-corrected chi connectivity index (χ4v) is 2.47. The van der Waals surface area contributed by atoms with Crippen molar-refractivity contribution >= 4 is 12.1 Å². The number of rotatable bonds is 10. The van der Waals surface area contributed by atoms with Gasteiger partial charge in [0.25, 0.3) is 5.91 Å². The van der Waals surface area contributed by atoms with Gasteiger partial charge in [0.2, 0.25) is 0 Å². The summed E-state index contributed by atoms with van der Waals surface area (Å²) in [5.41, 5.74) is 3.79. The summed E-state index contributed by atoms with van der Waals surface area (Å²) in [5, 5.41) is 4.07. The van der Waals surface area contributed by atoms with Crippen molar-refractivity contribution in [2.75, 3.05) is 6.61 Å². The highest BCUT2D eigenvalue weighted by molar-refractivity contribution is 5.95. The van der Waals surface area contributed by atoms with Gasteiger partial charge in [-0.3, -0.25) is 4.79 Å². The molecule has 0 atom stereocenters. The molecule has 0 bridgehead atoms. The number of carbonyl (C=O) groups excluding carboxylic acids is 1. The summed E-state index contributed by atoms with van der Waals surface area (Å²) >= 11 is 0. The first-order valence-corrected chi connectivity index (χ1v) is 9.92. The van der Waals surface area contributed by atoms with Crippen molar-refractivity contribution < 1.29 is 19.0 Å². The van der Waals surface area contributed by atoms with E-state index < -0.39 is 0 Å². The van der Waals surface area contributed by atoms with Gasteiger partial charge in [-0.15, -0.1) is 0 Å². The van der Waals surface area contributed by atoms with Crippen molar-refractivity contribution in [2.24, 2.45) is 5.10 Å². The lowest BCUT2D eigenvalue weighted by atomic mass is 10.2. The quantitative estimate of drug-likeness (QED) is 0.460. The number of hydrogen-bond acceptors (Lipinski definition) is 5. The lowest BCUT2D eigenvalue weighted by Gasteiger charge is -2.15. The van der Waals surface area contributed by atoms with Crippen LogP contribution < -0.4 is 19.6 Å². The van der Waals surface area contributed by atoms with Crippen LogP contribution in [0.3, 0.4) is 0 Å². The molecule has 1 N–H and O–H groups in total. The van der Waals surface area contributed by atoms with Crippen LogP contribution in [0.5, 0.6) is 17.2 Å². The van der Waals surface area contributed by atoms with Crippen LogP contribution in [0.4, 0.5) is 0 Å². The van der Waals surface area contributed by atoms with Gasteiger partial charge in [0.05, 0.1) is 25.0 Å². The zero-order valence-electron chi connectivity index (χ0n) is 17.8. The predicted molar refractivity (Wildman–Crippen MR) is 115 cm³/mol. The molecule has 0 fully saturated rings. The van der Waals surface area contributed by atoms with Gasteiger partial charge in [0.15, 0.2) is 0 Å². The van der Waals surface area contributed by atoms with E-state index in [2.05, 4.69) is 10.5 Å². The van der Waals surface area contributed by atoms with Crippen LogP contribution in [-0.4, -0.2) is 30.9 Å². The van der Waals surface area contributed by atoms with Crippen LogP contribution in [0.25, 0.3) is 0 Å². The molecular weight excluding hydrogens is 368 g/mol. The molecule has 0 saturated carbocycles. The number of benzene rings is 2. The molecule has 0 aliphatic rings. The van der Waals surface area contributed by atoms with Gasteiger partial charge in [0, 0.05) is 17.2 Å². The predicted octanol–water partition coefficient (Wildman–Crippen LogP) is 4.81. The number of nitrogens with one attached hydrogen (secondary N) is 1. The molecule has 0 radical (unpaired) electrons. The van der Waals surface area contributed by atoms with Crippen LogP contribution in [0.15, 0.2) is 47.6 Å². The summed E-state index contributed by atoms with van der Waals surface area (Å²) in [7, 11) is 0. The first-order valence-electron chi connectivity index (χ1n) is 9.92. The molecule has 29 heavy (non-hydrogen) atoms. The van der Waals surface area contributed by atoms with E-state index in [-0.39, 0.29) is 18.1 Å². The highest BCUT2D eigenvalue weighted by atomic mass is 16.5. The number of carbonyl (C=O) groups is 1. The molecule has 0 aliphatic heterocycles. The van der Waals surface area contributed by atoms with Crippen molar-refractivity contribution in [3.63, 3.8) is 0 Å². The van der Waals surface area contributed by atoms with Gasteiger partial charge < -0.3 is 14.2 Å². The van der Waals surface area contributed by atoms with E-state index in [1.165, 1.54) is 0 Å². The third-order valence-corrected chi connectivity index (χ3v) is 3.68. The second-order valence-electron chi connectivity index (χ2n) is 7.10. The molecule has 0 heterocycles. The Morgan fingerprint density at radius 3 is 2.28 bits per heavy atom. The topological polar surface area (TPSA) is 69.2 Å². The van der Waals surface area contributed by atoms with E-state index in [1.807, 2.05) is 52.8 Å². The Labute approximate surface area is 172 Å². The average molecular weight is 399 g/mol. The van der Waals surface area contributed by atoms with Gasteiger partial charge in [0.1, 0.15) is 17.2 Å². The largest absolute Gasteiger partial charge is 0.494 e. The van der Waals surface area contributed by atoms with Crippen molar-refractivity contribution in [2.45, 2.75) is 53.2 Å². The SMILES string of the molecule is CCCOc1ccc(C(=O)N/N=C/c2ccc(OC(C)C)cc2OC(C)C)cc1. The zero-order valence-corrected chi connectivity index (χ0v) is 17.8. The summed E-state index contributed by atoms with van der Waals surface area (Å²) in [6.45, 7) is 10.5. The molecule has 0 saturated heterocycles. The van der Waals surface area contributed by atoms with Crippen LogP contribution in [0.2, 0.25) is 0 Å². The second kappa shape index (κ2) is 11.1. The minimum atomic E-state index is -0.297. The highest BCUT2D eigenvalue weighted by Gasteiger charge is 2.09. The third kappa shape index (κ3) is 7.49. The number of nitrogens with zero attached hydrogens (tertiary/aromatic N) is 1. The summed E-state index contributed by atoms with van der Waals surface area (Å²) in [6.07, 6.45) is 2.57. The summed E-state index contributed by atoms with van der Waals surface area (Å²) in [6, 6.07) is 12.5. The Kier molecular flexibility index (Phi) is 8.52. The van der Waals surface area contributed by atoms with Crippen molar-refractivity contribution in [3.8, 4) is 17.2 Å². The Bertz CT molecular complexity index is 814. The smallest absolute Gasteiger partial charge is 0.271 e. The first kappa shape index (κ1) is 22.3. The molecule has 0 unspecified atom stereocenters. The van der Waals surface area contributed by atoms with Crippen LogP contribution in [0.1, 0.15) is 57.0 Å². The van der Waals surface area contributed by atoms with Crippen LogP contribution >= 0.6 is 0 Å². The van der Waals surface area contributed by atoms with Gasteiger partial charge >= 0.3 is 0 Å². The Morgan fingerprint density at radius 2 is 1.66 bits per heavy atom. The lowest BCUT2D eigenvalue weighted by Crippen LogP contribution is -2.17. The van der Waals surface area contributed by atoms with Crippen molar-refractivity contribution in [1.29, 1.82) is 0 Å². The highest BCUT2D eigenvalue weighted by Crippen LogP contribution is 2.25. The molecule has 156 valence electrons. The number of ether oxygens (including phenoxy) is 3. The maximum atomic E-state index is 12.3. The minimum Gasteiger partial charge on any atom is -0.494 e. The minimum absolute atomic E-state index is 0.000479. The maximum Gasteiger partial charge on any atom is 0.271 e. The number of hydrogen-bond donors (Lipinski definition) is 1. The first-order chi connectivity index (χ1) is 13.9. The molecule has 2 rings (SSSR count). The summed E-state index contributed by atoms with van der Waals surface area (Å²) in [5.74, 6) is 1.82. The Hall–Kier alpha value is -3.02. The van der Waals surface area contributed by atoms with Gasteiger partial charge in [-0.2, -0.15) is 5.10 Å². The molecule has 6 heteroatoms. The van der Waals surface area contributed by atoms with E-state index in [0.717, 1.165) is 23.5 Å². The molecule has 6 nitrogen and oxygen atoms in total. The summed E-state index contributed by atoms with van der Waals surface area (Å²) in [4.78, 5) is 12.3. The molecular formula is C23H30N2O4. The lowest BCUT2D eigenvalue weighted by molar-refractivity contribution is 0.0955. The fraction of sp³-hybridized carbons (Fsp3) is 0.391. The third-order valence-electron chi connectivity index (χ3n) is 3.68. The van der Waals surface area contributed by atoms with Crippen LogP contribution in [-0.2, 0) is 0 Å². The number of amides is 1. The normalized spacial score (nSPS) is 11.1. The van der Waals surface area contributed by atoms with E-state index in [0.29, 0.717) is 17.9 Å². The summed E-state index contributed by atoms with van der Waals surface area (Å²) < 4.78 is 17.1. The molecule has 0 aromatic heterocycles. The fourth-order valence-electron chi connectivity index (χ4n) is 2.47.